The van der Waals surface area contributed by atoms with Gasteiger partial charge in [-0.05, 0) is 5.56 Å². The lowest BCUT2D eigenvalue weighted by Gasteiger charge is -2.38. The van der Waals surface area contributed by atoms with Gasteiger partial charge in [-0.2, -0.15) is 0 Å². The normalized spacial score (nSPS) is 27.3. The van der Waals surface area contributed by atoms with Crippen molar-refractivity contribution in [3.05, 3.63) is 35.9 Å². The van der Waals surface area contributed by atoms with Crippen molar-refractivity contribution in [2.75, 3.05) is 6.61 Å². The highest BCUT2D eigenvalue weighted by Crippen LogP contribution is 2.24. The second-order valence-electron chi connectivity index (χ2n) is 5.21. The molecule has 0 aromatic heterocycles. The van der Waals surface area contributed by atoms with Crippen molar-refractivity contribution in [2.24, 2.45) is 0 Å². The quantitative estimate of drug-likeness (QED) is 0.800. The van der Waals surface area contributed by atoms with E-state index in [2.05, 4.69) is 0 Å². The molecule has 1 aromatic rings. The molecule has 7 heteroatoms. The molecule has 7 nitrogen and oxygen atoms in total. The third-order valence-electron chi connectivity index (χ3n) is 3.31. The van der Waals surface area contributed by atoms with Crippen LogP contribution in [0.15, 0.2) is 30.3 Å². The van der Waals surface area contributed by atoms with Crippen molar-refractivity contribution < 1.29 is 33.6 Å². The zero-order valence-corrected chi connectivity index (χ0v) is 13.0. The first-order valence-corrected chi connectivity index (χ1v) is 7.27. The largest absolute Gasteiger partial charge is 0.457 e. The van der Waals surface area contributed by atoms with Gasteiger partial charge in [-0.25, -0.2) is 0 Å². The van der Waals surface area contributed by atoms with E-state index < -0.39 is 36.5 Å². The van der Waals surface area contributed by atoms with Gasteiger partial charge in [0.15, 0.2) is 18.5 Å². The summed E-state index contributed by atoms with van der Waals surface area (Å²) in [6.07, 6.45) is -4.02. The van der Waals surface area contributed by atoms with Gasteiger partial charge in [0, 0.05) is 13.8 Å². The molecule has 2 rings (SSSR count). The van der Waals surface area contributed by atoms with Gasteiger partial charge < -0.3 is 24.1 Å². The van der Waals surface area contributed by atoms with Gasteiger partial charge in [0.25, 0.3) is 0 Å². The summed E-state index contributed by atoms with van der Waals surface area (Å²) >= 11 is 0. The number of carbonyl (C=O) groups excluding carboxylic acids is 2. The summed E-state index contributed by atoms with van der Waals surface area (Å²) in [5, 5.41) is 9.92. The Labute approximate surface area is 134 Å². The molecule has 23 heavy (non-hydrogen) atoms. The van der Waals surface area contributed by atoms with E-state index in [1.807, 2.05) is 30.3 Å². The SMILES string of the molecule is CC(=O)O[C@@H]1[C@@H](OCc2ccccc2)[C@H](OC(C)=O)CO[C@H]1O. The minimum Gasteiger partial charge on any atom is -0.457 e. The molecule has 0 amide bonds. The Bertz CT molecular complexity index is 530. The van der Waals surface area contributed by atoms with Gasteiger partial charge in [0.1, 0.15) is 6.10 Å². The minimum absolute atomic E-state index is 0.0437. The second-order valence-corrected chi connectivity index (χ2v) is 5.21. The molecule has 1 aromatic carbocycles. The van der Waals surface area contributed by atoms with Crippen LogP contribution >= 0.6 is 0 Å². The van der Waals surface area contributed by atoms with Crippen molar-refractivity contribution in [3.8, 4) is 0 Å². The average molecular weight is 324 g/mol. The summed E-state index contributed by atoms with van der Waals surface area (Å²) in [4.78, 5) is 22.5. The first-order valence-electron chi connectivity index (χ1n) is 7.27. The molecule has 126 valence electrons. The number of carbonyl (C=O) groups is 2. The van der Waals surface area contributed by atoms with Crippen molar-refractivity contribution in [2.45, 2.75) is 45.1 Å². The van der Waals surface area contributed by atoms with Crippen LogP contribution in [0.4, 0.5) is 0 Å². The zero-order valence-electron chi connectivity index (χ0n) is 13.0. The van der Waals surface area contributed by atoms with Crippen LogP contribution in [0.2, 0.25) is 0 Å². The lowest BCUT2D eigenvalue weighted by molar-refractivity contribution is -0.273. The number of benzene rings is 1. The predicted octanol–water partition coefficient (Wildman–Crippen LogP) is 0.784. The average Bonchev–Trinajstić information content (AvgIpc) is 2.50. The summed E-state index contributed by atoms with van der Waals surface area (Å²) < 4.78 is 21.1. The fraction of sp³-hybridized carbons (Fsp3) is 0.500. The third-order valence-corrected chi connectivity index (χ3v) is 3.31. The molecule has 1 saturated heterocycles. The Hall–Kier alpha value is -1.96. The van der Waals surface area contributed by atoms with E-state index in [9.17, 15) is 14.7 Å². The van der Waals surface area contributed by atoms with Gasteiger partial charge >= 0.3 is 11.9 Å². The van der Waals surface area contributed by atoms with E-state index in [0.717, 1.165) is 5.56 Å². The highest BCUT2D eigenvalue weighted by atomic mass is 16.7. The first-order chi connectivity index (χ1) is 11.0. The van der Waals surface area contributed by atoms with Crippen LogP contribution in [0.25, 0.3) is 0 Å². The molecule has 0 unspecified atom stereocenters. The lowest BCUT2D eigenvalue weighted by Crippen LogP contribution is -2.56. The Morgan fingerprint density at radius 2 is 1.78 bits per heavy atom. The maximum absolute atomic E-state index is 11.3. The van der Waals surface area contributed by atoms with Gasteiger partial charge in [-0.15, -0.1) is 0 Å². The fourth-order valence-electron chi connectivity index (χ4n) is 2.36. The molecule has 0 bridgehead atoms. The maximum Gasteiger partial charge on any atom is 0.303 e. The molecular weight excluding hydrogens is 304 g/mol. The molecule has 0 aliphatic carbocycles. The number of hydrogen-bond acceptors (Lipinski definition) is 7. The summed E-state index contributed by atoms with van der Waals surface area (Å²) in [6.45, 7) is 2.66. The van der Waals surface area contributed by atoms with Crippen LogP contribution in [0.3, 0.4) is 0 Å². The number of esters is 2. The van der Waals surface area contributed by atoms with Crippen molar-refractivity contribution >= 4 is 11.9 Å². The van der Waals surface area contributed by atoms with E-state index in [0.29, 0.717) is 0 Å². The first kappa shape index (κ1) is 17.4. The Kier molecular flexibility index (Phi) is 6.09. The molecule has 0 spiro atoms. The molecule has 4 atom stereocenters. The minimum atomic E-state index is -1.34. The smallest absolute Gasteiger partial charge is 0.303 e. The van der Waals surface area contributed by atoms with E-state index in [1.165, 1.54) is 13.8 Å². The van der Waals surface area contributed by atoms with E-state index in [-0.39, 0.29) is 13.2 Å². The fourth-order valence-corrected chi connectivity index (χ4v) is 2.36. The summed E-state index contributed by atoms with van der Waals surface area (Å²) in [5.41, 5.74) is 0.900. The molecule has 1 fully saturated rings. The Morgan fingerprint density at radius 3 is 2.39 bits per heavy atom. The van der Waals surface area contributed by atoms with Gasteiger partial charge in [-0.1, -0.05) is 30.3 Å². The van der Waals surface area contributed by atoms with E-state index >= 15 is 0 Å². The van der Waals surface area contributed by atoms with Crippen LogP contribution in [0.1, 0.15) is 19.4 Å². The Balaban J connectivity index is 2.12. The zero-order chi connectivity index (χ0) is 16.8. The topological polar surface area (TPSA) is 91.3 Å². The summed E-state index contributed by atoms with van der Waals surface area (Å²) in [5.74, 6) is -1.10. The number of hydrogen-bond donors (Lipinski definition) is 1. The van der Waals surface area contributed by atoms with E-state index in [4.69, 9.17) is 18.9 Å². The van der Waals surface area contributed by atoms with Crippen molar-refractivity contribution in [3.63, 3.8) is 0 Å². The Morgan fingerprint density at radius 1 is 1.13 bits per heavy atom. The molecule has 0 saturated carbocycles. The molecule has 0 radical (unpaired) electrons. The number of ether oxygens (including phenoxy) is 4. The van der Waals surface area contributed by atoms with Crippen LogP contribution in [0, 0.1) is 0 Å². The highest BCUT2D eigenvalue weighted by Gasteiger charge is 2.44. The summed E-state index contributed by atoms with van der Waals surface area (Å²) in [7, 11) is 0. The van der Waals surface area contributed by atoms with Gasteiger partial charge in [0.05, 0.1) is 13.2 Å². The van der Waals surface area contributed by atoms with Crippen LogP contribution in [-0.4, -0.2) is 48.3 Å². The molecular formula is C16H20O7. The lowest BCUT2D eigenvalue weighted by atomic mass is 10.0. The standard InChI is InChI=1S/C16H20O7/c1-10(17)22-13-9-21-16(19)15(23-11(2)18)14(13)20-8-12-6-4-3-5-7-12/h3-7,13-16,19H,8-9H2,1-2H3/t13-,14+,15-,16-/m1/s1. The molecule has 1 aliphatic heterocycles. The number of rotatable bonds is 5. The van der Waals surface area contributed by atoms with E-state index in [1.54, 1.807) is 0 Å². The van der Waals surface area contributed by atoms with Crippen molar-refractivity contribution in [1.29, 1.82) is 0 Å². The molecule has 1 N–H and O–H groups in total. The van der Waals surface area contributed by atoms with Crippen LogP contribution in [-0.2, 0) is 35.1 Å². The highest BCUT2D eigenvalue weighted by molar-refractivity contribution is 5.67. The predicted molar refractivity (Wildman–Crippen MR) is 78.1 cm³/mol. The van der Waals surface area contributed by atoms with Crippen LogP contribution < -0.4 is 0 Å². The monoisotopic (exact) mass is 324 g/mol. The van der Waals surface area contributed by atoms with Crippen LogP contribution in [0.5, 0.6) is 0 Å². The molecule has 1 heterocycles. The third kappa shape index (κ3) is 5.02. The maximum atomic E-state index is 11.3. The molecule has 1 aliphatic rings. The van der Waals surface area contributed by atoms with Gasteiger partial charge in [-0.3, -0.25) is 9.59 Å². The van der Waals surface area contributed by atoms with Gasteiger partial charge in [0.2, 0.25) is 0 Å². The number of aliphatic hydroxyl groups excluding tert-OH is 1. The second kappa shape index (κ2) is 8.05. The summed E-state index contributed by atoms with van der Waals surface area (Å²) in [6, 6.07) is 9.36. The van der Waals surface area contributed by atoms with Crippen molar-refractivity contribution in [1.82, 2.24) is 0 Å². The number of aliphatic hydroxyl groups is 1.